The van der Waals surface area contributed by atoms with Crippen LogP contribution in [0.1, 0.15) is 40.6 Å². The Balaban J connectivity index is 1.59. The van der Waals surface area contributed by atoms with Gasteiger partial charge in [0, 0.05) is 11.1 Å². The summed E-state index contributed by atoms with van der Waals surface area (Å²) in [5, 5.41) is 15.5. The van der Waals surface area contributed by atoms with Gasteiger partial charge in [-0.2, -0.15) is 23.4 Å². The Morgan fingerprint density at radius 1 is 1.30 bits per heavy atom. The number of likely N-dealkylation sites (tertiary alicyclic amines) is 1. The van der Waals surface area contributed by atoms with Gasteiger partial charge >= 0.3 is 6.18 Å². The molecule has 1 amide bonds. The summed E-state index contributed by atoms with van der Waals surface area (Å²) >= 11 is 0. The van der Waals surface area contributed by atoms with Crippen LogP contribution < -0.4 is 5.32 Å². The van der Waals surface area contributed by atoms with Crippen molar-refractivity contribution in [2.45, 2.75) is 25.1 Å². The number of nitrogens with zero attached hydrogens (tertiary/aromatic N) is 3. The lowest BCUT2D eigenvalue weighted by molar-refractivity contribution is -0.136. The predicted molar refractivity (Wildman–Crippen MR) is 92.2 cm³/mol. The van der Waals surface area contributed by atoms with E-state index in [2.05, 4.69) is 30.6 Å². The topological polar surface area (TPSA) is 89.7 Å². The maximum Gasteiger partial charge on any atom is 0.417 e. The fraction of sp³-hybridized carbons (Fsp3) is 0.353. The highest BCUT2D eigenvalue weighted by Gasteiger charge is 2.34. The lowest BCUT2D eigenvalue weighted by Gasteiger charge is -2.16. The minimum absolute atomic E-state index is 0.0200. The number of halogens is 3. The molecule has 3 aromatic rings. The molecule has 1 saturated heterocycles. The van der Waals surface area contributed by atoms with E-state index in [9.17, 15) is 18.0 Å². The van der Waals surface area contributed by atoms with E-state index < -0.39 is 17.6 Å². The van der Waals surface area contributed by atoms with Gasteiger partial charge in [-0.05, 0) is 44.6 Å². The van der Waals surface area contributed by atoms with E-state index >= 15 is 0 Å². The molecule has 1 aliphatic rings. The summed E-state index contributed by atoms with van der Waals surface area (Å²) < 4.78 is 39.8. The number of amides is 1. The predicted octanol–water partition coefficient (Wildman–Crippen LogP) is 3.32. The summed E-state index contributed by atoms with van der Waals surface area (Å²) in [6.45, 7) is 0.968. The summed E-state index contributed by atoms with van der Waals surface area (Å²) in [5.41, 5.74) is 0.296. The molecular weight excluding hydrogens is 361 g/mol. The normalized spacial score (nSPS) is 18.3. The molecule has 1 unspecified atom stereocenters. The molecule has 0 aliphatic carbocycles. The average molecular weight is 378 g/mol. The fourth-order valence-corrected chi connectivity index (χ4v) is 3.48. The van der Waals surface area contributed by atoms with Gasteiger partial charge in [0.2, 0.25) is 0 Å². The highest BCUT2D eigenvalue weighted by molar-refractivity contribution is 6.04. The molecule has 3 heterocycles. The minimum Gasteiger partial charge on any atom is -0.321 e. The van der Waals surface area contributed by atoms with Crippen LogP contribution in [0.4, 0.5) is 18.9 Å². The Labute approximate surface area is 151 Å². The third-order valence-electron chi connectivity index (χ3n) is 4.83. The second-order valence-corrected chi connectivity index (χ2v) is 6.65. The molecule has 0 bridgehead atoms. The average Bonchev–Trinajstić information content (AvgIpc) is 3.32. The van der Waals surface area contributed by atoms with Crippen LogP contribution in [0.3, 0.4) is 0 Å². The minimum atomic E-state index is -4.56. The summed E-state index contributed by atoms with van der Waals surface area (Å²) in [7, 11) is 2.00. The summed E-state index contributed by atoms with van der Waals surface area (Å²) in [4.78, 5) is 14.6. The Morgan fingerprint density at radius 2 is 2.11 bits per heavy atom. The van der Waals surface area contributed by atoms with Gasteiger partial charge in [0.25, 0.3) is 5.91 Å². The molecule has 10 heteroatoms. The largest absolute Gasteiger partial charge is 0.417 e. The number of carbonyl (C=O) groups is 1. The first-order chi connectivity index (χ1) is 12.8. The van der Waals surface area contributed by atoms with Crippen molar-refractivity contribution in [2.24, 2.45) is 0 Å². The van der Waals surface area contributed by atoms with Crippen molar-refractivity contribution in [3.8, 4) is 0 Å². The van der Waals surface area contributed by atoms with Crippen molar-refractivity contribution in [1.82, 2.24) is 25.3 Å². The van der Waals surface area contributed by atoms with Crippen molar-refractivity contribution in [3.63, 3.8) is 0 Å². The van der Waals surface area contributed by atoms with Crippen molar-refractivity contribution in [3.05, 3.63) is 41.3 Å². The van der Waals surface area contributed by atoms with Crippen LogP contribution in [0.5, 0.6) is 0 Å². The quantitative estimate of drug-likeness (QED) is 0.652. The maximum atomic E-state index is 13.3. The standard InChI is InChI=1S/C17H17F3N6O/c1-26-4-2-3-15(26)13-7-14(25-24-13)16(27)22-9-5-11(17(18,19)20)10-8-21-23-12(10)6-9/h5-8,15H,2-4H2,1H3,(H,21,23)(H,22,27)(H,24,25). The van der Waals surface area contributed by atoms with Crippen molar-refractivity contribution in [1.29, 1.82) is 0 Å². The van der Waals surface area contributed by atoms with E-state index in [1.165, 1.54) is 6.07 Å². The number of benzene rings is 1. The Kier molecular flexibility index (Phi) is 4.14. The first-order valence-corrected chi connectivity index (χ1v) is 8.44. The van der Waals surface area contributed by atoms with Gasteiger partial charge in [-0.15, -0.1) is 0 Å². The van der Waals surface area contributed by atoms with E-state index in [4.69, 9.17) is 0 Å². The number of H-pyrrole nitrogens is 2. The molecule has 1 aromatic carbocycles. The molecule has 0 saturated carbocycles. The van der Waals surface area contributed by atoms with Crippen molar-refractivity contribution >= 4 is 22.5 Å². The number of aromatic amines is 2. The van der Waals surface area contributed by atoms with Crippen molar-refractivity contribution < 1.29 is 18.0 Å². The monoisotopic (exact) mass is 378 g/mol. The van der Waals surface area contributed by atoms with Gasteiger partial charge in [0.1, 0.15) is 0 Å². The first-order valence-electron chi connectivity index (χ1n) is 8.44. The van der Waals surface area contributed by atoms with Crippen LogP contribution in [-0.4, -0.2) is 44.8 Å². The van der Waals surface area contributed by atoms with E-state index in [1.807, 2.05) is 7.05 Å². The van der Waals surface area contributed by atoms with Crippen molar-refractivity contribution in [2.75, 3.05) is 18.9 Å². The lowest BCUT2D eigenvalue weighted by atomic mass is 10.1. The molecule has 2 aromatic heterocycles. The molecule has 1 atom stereocenters. The van der Waals surface area contributed by atoms with E-state index in [0.717, 1.165) is 37.3 Å². The summed E-state index contributed by atoms with van der Waals surface area (Å²) in [6, 6.07) is 4.11. The molecule has 4 rings (SSSR count). The van der Waals surface area contributed by atoms with Crippen LogP contribution in [-0.2, 0) is 6.18 Å². The third-order valence-corrected chi connectivity index (χ3v) is 4.83. The van der Waals surface area contributed by atoms with Gasteiger partial charge in [-0.3, -0.25) is 19.9 Å². The smallest absolute Gasteiger partial charge is 0.321 e. The second-order valence-electron chi connectivity index (χ2n) is 6.65. The van der Waals surface area contributed by atoms with E-state index in [0.29, 0.717) is 0 Å². The van der Waals surface area contributed by atoms with Gasteiger partial charge in [-0.1, -0.05) is 0 Å². The molecule has 27 heavy (non-hydrogen) atoms. The molecule has 1 fully saturated rings. The number of alkyl halides is 3. The number of carbonyl (C=O) groups excluding carboxylic acids is 1. The summed E-state index contributed by atoms with van der Waals surface area (Å²) in [5.74, 6) is -0.579. The molecule has 0 radical (unpaired) electrons. The zero-order valence-corrected chi connectivity index (χ0v) is 14.4. The van der Waals surface area contributed by atoms with Gasteiger partial charge in [-0.25, -0.2) is 0 Å². The molecule has 0 spiro atoms. The zero-order chi connectivity index (χ0) is 19.2. The zero-order valence-electron chi connectivity index (χ0n) is 14.4. The number of rotatable bonds is 3. The van der Waals surface area contributed by atoms with E-state index in [-0.39, 0.29) is 28.3 Å². The molecule has 142 valence electrons. The fourth-order valence-electron chi connectivity index (χ4n) is 3.48. The first kappa shape index (κ1) is 17.5. The van der Waals surface area contributed by atoms with Crippen LogP contribution >= 0.6 is 0 Å². The molecular formula is C17H17F3N6O. The third kappa shape index (κ3) is 3.27. The van der Waals surface area contributed by atoms with Crippen LogP contribution in [0.25, 0.3) is 10.9 Å². The molecule has 1 aliphatic heterocycles. The Hall–Kier alpha value is -2.88. The number of aromatic nitrogens is 4. The summed E-state index contributed by atoms with van der Waals surface area (Å²) in [6.07, 6.45) is -1.42. The van der Waals surface area contributed by atoms with E-state index in [1.54, 1.807) is 6.07 Å². The Morgan fingerprint density at radius 3 is 2.81 bits per heavy atom. The van der Waals surface area contributed by atoms with Gasteiger partial charge in [0.05, 0.1) is 29.0 Å². The Bertz CT molecular complexity index is 992. The van der Waals surface area contributed by atoms with Gasteiger partial charge < -0.3 is 5.32 Å². The lowest BCUT2D eigenvalue weighted by Crippen LogP contribution is -2.17. The maximum absolute atomic E-state index is 13.3. The highest BCUT2D eigenvalue weighted by Crippen LogP contribution is 2.36. The van der Waals surface area contributed by atoms with Crippen LogP contribution in [0, 0.1) is 0 Å². The number of hydrogen-bond acceptors (Lipinski definition) is 4. The number of nitrogens with one attached hydrogen (secondary N) is 3. The highest BCUT2D eigenvalue weighted by atomic mass is 19.4. The number of anilines is 1. The van der Waals surface area contributed by atoms with Crippen LogP contribution in [0.15, 0.2) is 24.4 Å². The number of fused-ring (bicyclic) bond motifs is 1. The second kappa shape index (κ2) is 6.38. The molecule has 3 N–H and O–H groups in total. The SMILES string of the molecule is CN1CCCC1c1cc(C(=O)Nc2cc(C(F)(F)F)c3cn[nH]c3c2)n[nH]1. The van der Waals surface area contributed by atoms with Crippen LogP contribution in [0.2, 0.25) is 0 Å². The van der Waals surface area contributed by atoms with Gasteiger partial charge in [0.15, 0.2) is 5.69 Å². The molecule has 7 nitrogen and oxygen atoms in total. The number of hydrogen-bond donors (Lipinski definition) is 3.